The zero-order valence-corrected chi connectivity index (χ0v) is 15.4. The van der Waals surface area contributed by atoms with Crippen molar-refractivity contribution in [1.29, 1.82) is 0 Å². The van der Waals surface area contributed by atoms with E-state index < -0.39 is 17.6 Å². The van der Waals surface area contributed by atoms with Crippen LogP contribution in [0.25, 0.3) is 0 Å². The van der Waals surface area contributed by atoms with Crippen molar-refractivity contribution in [2.75, 3.05) is 19.6 Å². The summed E-state index contributed by atoms with van der Waals surface area (Å²) in [5.74, 6) is -0.911. The molecule has 0 bridgehead atoms. The van der Waals surface area contributed by atoms with Crippen LogP contribution in [0.4, 0.5) is 22.4 Å². The molecule has 1 aliphatic heterocycles. The summed E-state index contributed by atoms with van der Waals surface area (Å²) in [7, 11) is 0. The van der Waals surface area contributed by atoms with Gasteiger partial charge in [0.1, 0.15) is 12.4 Å². The van der Waals surface area contributed by atoms with Gasteiger partial charge in [0.2, 0.25) is 5.91 Å². The van der Waals surface area contributed by atoms with Crippen molar-refractivity contribution >= 4 is 11.9 Å². The number of urea groups is 1. The molecule has 3 amide bonds. The lowest BCUT2D eigenvalue weighted by Gasteiger charge is -2.19. The molecule has 0 atom stereocenters. The Morgan fingerprint density at radius 3 is 2.34 bits per heavy atom. The van der Waals surface area contributed by atoms with Crippen molar-refractivity contribution in [3.63, 3.8) is 0 Å². The van der Waals surface area contributed by atoms with Crippen LogP contribution in [0.1, 0.15) is 16.7 Å². The van der Waals surface area contributed by atoms with E-state index in [1.807, 2.05) is 0 Å². The van der Waals surface area contributed by atoms with E-state index in [0.717, 1.165) is 11.6 Å². The van der Waals surface area contributed by atoms with Crippen LogP contribution in [0.2, 0.25) is 0 Å². The Hall–Kier alpha value is -3.10. The summed E-state index contributed by atoms with van der Waals surface area (Å²) < 4.78 is 52.0. The van der Waals surface area contributed by atoms with Crippen molar-refractivity contribution in [2.45, 2.75) is 19.3 Å². The molecule has 0 radical (unpaired) electrons. The van der Waals surface area contributed by atoms with Gasteiger partial charge < -0.3 is 15.1 Å². The molecule has 0 saturated carbocycles. The number of hydrogen-bond acceptors (Lipinski definition) is 2. The van der Waals surface area contributed by atoms with Gasteiger partial charge in [-0.1, -0.05) is 30.3 Å². The van der Waals surface area contributed by atoms with Gasteiger partial charge in [0.05, 0.1) is 5.56 Å². The minimum atomic E-state index is -4.51. The average Bonchev–Trinajstić information content (AvgIpc) is 3.01. The van der Waals surface area contributed by atoms with Crippen LogP contribution in [-0.4, -0.2) is 41.4 Å². The van der Waals surface area contributed by atoms with Gasteiger partial charge in [-0.15, -0.1) is 0 Å². The maximum absolute atomic E-state index is 13.0. The number of amides is 3. The SMILES string of the molecule is O=C(CN1CCN(Cc2ccc(F)cc2)C1=O)NCc1ccccc1C(F)(F)F. The molecule has 1 saturated heterocycles. The molecular weight excluding hydrogens is 390 g/mol. The minimum Gasteiger partial charge on any atom is -0.350 e. The molecule has 2 aromatic rings. The van der Waals surface area contributed by atoms with E-state index in [-0.39, 0.29) is 37.0 Å². The second-order valence-electron chi connectivity index (χ2n) is 6.68. The highest BCUT2D eigenvalue weighted by atomic mass is 19.4. The van der Waals surface area contributed by atoms with Crippen LogP contribution in [0.5, 0.6) is 0 Å². The fourth-order valence-electron chi connectivity index (χ4n) is 3.11. The number of rotatable bonds is 6. The molecule has 154 valence electrons. The summed E-state index contributed by atoms with van der Waals surface area (Å²) in [5, 5.41) is 2.44. The molecule has 0 aromatic heterocycles. The van der Waals surface area contributed by atoms with Crippen molar-refractivity contribution in [3.05, 3.63) is 71.0 Å². The predicted molar refractivity (Wildman–Crippen MR) is 97.1 cm³/mol. The average molecular weight is 409 g/mol. The van der Waals surface area contributed by atoms with Gasteiger partial charge in [0.15, 0.2) is 0 Å². The van der Waals surface area contributed by atoms with Crippen molar-refractivity contribution in [3.8, 4) is 0 Å². The standard InChI is InChI=1S/C20H19F4N3O2/c21-16-7-5-14(6-8-16)12-26-9-10-27(19(26)29)13-18(28)25-11-15-3-1-2-4-17(15)20(22,23)24/h1-8H,9-13H2,(H,25,28). The van der Waals surface area contributed by atoms with E-state index >= 15 is 0 Å². The largest absolute Gasteiger partial charge is 0.416 e. The third-order valence-corrected chi connectivity index (χ3v) is 4.60. The Kier molecular flexibility index (Phi) is 6.05. The highest BCUT2D eigenvalue weighted by Crippen LogP contribution is 2.31. The Labute approximate surface area is 164 Å². The zero-order valence-electron chi connectivity index (χ0n) is 15.4. The first-order valence-corrected chi connectivity index (χ1v) is 8.94. The lowest BCUT2D eigenvalue weighted by Crippen LogP contribution is -2.39. The van der Waals surface area contributed by atoms with Gasteiger partial charge in [0, 0.05) is 26.2 Å². The Morgan fingerprint density at radius 2 is 1.66 bits per heavy atom. The van der Waals surface area contributed by atoms with Crippen LogP contribution >= 0.6 is 0 Å². The maximum atomic E-state index is 13.0. The lowest BCUT2D eigenvalue weighted by molar-refractivity contribution is -0.138. The molecule has 1 fully saturated rings. The van der Waals surface area contributed by atoms with Gasteiger partial charge in [-0.05, 0) is 29.3 Å². The number of nitrogens with zero attached hydrogens (tertiary/aromatic N) is 2. The van der Waals surface area contributed by atoms with E-state index in [1.165, 1.54) is 40.1 Å². The summed E-state index contributed by atoms with van der Waals surface area (Å²) in [6.07, 6.45) is -4.51. The van der Waals surface area contributed by atoms with Gasteiger partial charge in [-0.25, -0.2) is 9.18 Å². The monoisotopic (exact) mass is 409 g/mol. The van der Waals surface area contributed by atoms with E-state index in [4.69, 9.17) is 0 Å². The third kappa shape index (κ3) is 5.24. The van der Waals surface area contributed by atoms with Crippen molar-refractivity contribution < 1.29 is 27.2 Å². The number of nitrogens with one attached hydrogen (secondary N) is 1. The molecule has 0 unspecified atom stereocenters. The minimum absolute atomic E-state index is 0.0426. The first-order valence-electron chi connectivity index (χ1n) is 8.94. The van der Waals surface area contributed by atoms with Crippen LogP contribution < -0.4 is 5.32 Å². The van der Waals surface area contributed by atoms with Crippen molar-refractivity contribution in [1.82, 2.24) is 15.1 Å². The molecule has 0 aliphatic carbocycles. The number of carbonyl (C=O) groups is 2. The van der Waals surface area contributed by atoms with E-state index in [2.05, 4.69) is 5.32 Å². The fourth-order valence-corrected chi connectivity index (χ4v) is 3.11. The summed E-state index contributed by atoms with van der Waals surface area (Å²) in [4.78, 5) is 27.4. The van der Waals surface area contributed by atoms with Crippen LogP contribution in [0.3, 0.4) is 0 Å². The molecule has 3 rings (SSSR count). The molecule has 2 aromatic carbocycles. The molecule has 9 heteroatoms. The van der Waals surface area contributed by atoms with Gasteiger partial charge >= 0.3 is 12.2 Å². The number of alkyl halides is 3. The molecule has 1 N–H and O–H groups in total. The van der Waals surface area contributed by atoms with Crippen LogP contribution in [0, 0.1) is 5.82 Å². The highest BCUT2D eigenvalue weighted by molar-refractivity contribution is 5.85. The van der Waals surface area contributed by atoms with Gasteiger partial charge in [0.25, 0.3) is 0 Å². The molecule has 1 heterocycles. The van der Waals surface area contributed by atoms with Crippen LogP contribution in [-0.2, 0) is 24.1 Å². The normalized spacial score (nSPS) is 14.4. The maximum Gasteiger partial charge on any atom is 0.416 e. The molecule has 0 spiro atoms. The number of hydrogen-bond donors (Lipinski definition) is 1. The Balaban J connectivity index is 1.53. The highest BCUT2D eigenvalue weighted by Gasteiger charge is 2.33. The van der Waals surface area contributed by atoms with Gasteiger partial charge in [-0.3, -0.25) is 4.79 Å². The second kappa shape index (κ2) is 8.50. The smallest absolute Gasteiger partial charge is 0.350 e. The summed E-state index contributed by atoms with van der Waals surface area (Å²) >= 11 is 0. The first-order chi connectivity index (χ1) is 13.7. The zero-order chi connectivity index (χ0) is 21.0. The second-order valence-corrected chi connectivity index (χ2v) is 6.68. The first kappa shape index (κ1) is 20.6. The van der Waals surface area contributed by atoms with Crippen LogP contribution in [0.15, 0.2) is 48.5 Å². The summed E-state index contributed by atoms with van der Waals surface area (Å²) in [5.41, 5.74) is -0.0862. The number of halogens is 4. The molecule has 5 nitrogen and oxygen atoms in total. The topological polar surface area (TPSA) is 52.7 Å². The molecular formula is C20H19F4N3O2. The predicted octanol–water partition coefficient (Wildman–Crippen LogP) is 3.40. The van der Waals surface area contributed by atoms with E-state index in [9.17, 15) is 27.2 Å². The van der Waals surface area contributed by atoms with Gasteiger partial charge in [-0.2, -0.15) is 13.2 Å². The molecule has 29 heavy (non-hydrogen) atoms. The van der Waals surface area contributed by atoms with E-state index in [0.29, 0.717) is 13.1 Å². The fraction of sp³-hybridized carbons (Fsp3) is 0.300. The van der Waals surface area contributed by atoms with Crippen molar-refractivity contribution in [2.24, 2.45) is 0 Å². The number of carbonyl (C=O) groups excluding carboxylic acids is 2. The van der Waals surface area contributed by atoms with E-state index in [1.54, 1.807) is 12.1 Å². The molecule has 1 aliphatic rings. The Bertz CT molecular complexity index is 884. The summed E-state index contributed by atoms with van der Waals surface area (Å²) in [6.45, 7) is 0.492. The quantitative estimate of drug-likeness (QED) is 0.744. The lowest BCUT2D eigenvalue weighted by atomic mass is 10.1. The third-order valence-electron chi connectivity index (χ3n) is 4.60. The number of benzene rings is 2. The summed E-state index contributed by atoms with van der Waals surface area (Å²) in [6, 6.07) is 10.4. The Morgan fingerprint density at radius 1 is 1.00 bits per heavy atom.